The van der Waals surface area contributed by atoms with E-state index in [-0.39, 0.29) is 6.09 Å². The second-order valence-electron chi connectivity index (χ2n) is 10.8. The number of hydrogen-bond acceptors (Lipinski definition) is 3. The van der Waals surface area contributed by atoms with E-state index in [1.165, 1.54) is 16.3 Å². The first-order valence-corrected chi connectivity index (χ1v) is 15.3. The summed E-state index contributed by atoms with van der Waals surface area (Å²) in [6.45, 7) is 12.9. The van der Waals surface area contributed by atoms with Crippen molar-refractivity contribution in [2.24, 2.45) is 0 Å². The fourth-order valence-corrected chi connectivity index (χ4v) is 7.00. The number of carbonyl (C=O) groups is 1. The van der Waals surface area contributed by atoms with Crippen molar-refractivity contribution in [3.05, 3.63) is 90.0 Å². The molecule has 0 aromatic heterocycles. The van der Waals surface area contributed by atoms with E-state index in [0.717, 1.165) is 30.5 Å². The lowest BCUT2D eigenvalue weighted by Crippen LogP contribution is -2.54. The highest BCUT2D eigenvalue weighted by Gasteiger charge is 2.37. The number of hydrogen-bond donors (Lipinski definition) is 0. The molecule has 0 radical (unpaired) electrons. The minimum atomic E-state index is -1.63. The minimum absolute atomic E-state index is 0.256. The highest BCUT2D eigenvalue weighted by atomic mass is 28.3. The molecule has 1 aliphatic rings. The molecule has 4 rings (SSSR count). The van der Waals surface area contributed by atoms with Crippen LogP contribution in [0, 0.1) is 0 Å². The van der Waals surface area contributed by atoms with Gasteiger partial charge < -0.3 is 9.64 Å². The lowest BCUT2D eigenvalue weighted by atomic mass is 10.1. The van der Waals surface area contributed by atoms with Crippen LogP contribution in [0.25, 0.3) is 0 Å². The third-order valence-electron chi connectivity index (χ3n) is 6.37. The lowest BCUT2D eigenvalue weighted by Gasteiger charge is -2.39. The Morgan fingerprint density at radius 2 is 1.47 bits per heavy atom. The fraction of sp³-hybridized carbons (Fsp3) is 0.345. The molecule has 0 saturated heterocycles. The number of fused-ring (bicyclic) bond motifs is 1. The number of rotatable bonds is 5. The summed E-state index contributed by atoms with van der Waals surface area (Å²) in [6, 6.07) is 28.8. The normalized spacial score (nSPS) is 14.9. The summed E-state index contributed by atoms with van der Waals surface area (Å²) in [5, 5.41) is 1.33. The summed E-state index contributed by atoms with van der Waals surface area (Å²) in [6.07, 6.45) is -0.256. The Morgan fingerprint density at radius 3 is 2.00 bits per heavy atom. The Hall–Kier alpha value is -3.05. The highest BCUT2D eigenvalue weighted by Crippen LogP contribution is 2.32. The topological polar surface area (TPSA) is 32.8 Å². The van der Waals surface area contributed by atoms with Gasteiger partial charge in [-0.15, -0.1) is 0 Å². The minimum Gasteiger partial charge on any atom is -0.443 e. The molecule has 4 nitrogen and oxygen atoms in total. The van der Waals surface area contributed by atoms with Gasteiger partial charge in [-0.3, -0.25) is 4.90 Å². The average molecular weight is 473 g/mol. The van der Waals surface area contributed by atoms with Gasteiger partial charge in [0.2, 0.25) is 0 Å². The van der Waals surface area contributed by atoms with Crippen LogP contribution >= 0.6 is 0 Å². The zero-order chi connectivity index (χ0) is 24.3. The van der Waals surface area contributed by atoms with Crippen molar-refractivity contribution < 1.29 is 9.53 Å². The largest absolute Gasteiger partial charge is 0.443 e. The van der Waals surface area contributed by atoms with Crippen LogP contribution in [-0.4, -0.2) is 26.3 Å². The number of anilines is 2. The lowest BCUT2D eigenvalue weighted by molar-refractivity contribution is 0.0582. The Balaban J connectivity index is 1.73. The van der Waals surface area contributed by atoms with Gasteiger partial charge in [0.05, 0.1) is 8.07 Å². The van der Waals surface area contributed by atoms with Crippen molar-refractivity contribution in [2.75, 3.05) is 16.3 Å². The zero-order valence-corrected chi connectivity index (χ0v) is 22.0. The molecule has 1 amide bonds. The van der Waals surface area contributed by atoms with Gasteiger partial charge in [0, 0.05) is 31.0 Å². The Morgan fingerprint density at radius 1 is 0.912 bits per heavy atom. The molecule has 0 N–H and O–H groups in total. The highest BCUT2D eigenvalue weighted by molar-refractivity contribution is 6.91. The molecule has 0 atom stereocenters. The van der Waals surface area contributed by atoms with Crippen molar-refractivity contribution in [3.63, 3.8) is 0 Å². The Kier molecular flexibility index (Phi) is 6.85. The quantitative estimate of drug-likeness (QED) is 0.394. The van der Waals surface area contributed by atoms with Crippen molar-refractivity contribution >= 4 is 30.7 Å². The van der Waals surface area contributed by atoms with Gasteiger partial charge in [0.25, 0.3) is 0 Å². The molecule has 1 aliphatic heterocycles. The molecule has 0 bridgehead atoms. The second kappa shape index (κ2) is 9.67. The number of carbonyl (C=O) groups excluding carboxylic acids is 1. The Labute approximate surface area is 205 Å². The molecular formula is C29H36N2O2Si. The summed E-state index contributed by atoms with van der Waals surface area (Å²) in [5.74, 6) is 0. The molecule has 0 fully saturated rings. The molecule has 0 unspecified atom stereocenters. The average Bonchev–Trinajstić information content (AvgIpc) is 2.78. The van der Waals surface area contributed by atoms with E-state index >= 15 is 0 Å². The van der Waals surface area contributed by atoms with E-state index in [0.29, 0.717) is 6.54 Å². The first-order chi connectivity index (χ1) is 16.1. The van der Waals surface area contributed by atoms with Crippen LogP contribution in [0.4, 0.5) is 16.2 Å². The first-order valence-electron chi connectivity index (χ1n) is 12.1. The summed E-state index contributed by atoms with van der Waals surface area (Å²) in [7, 11) is -1.63. The number of nitrogens with zero attached hydrogens (tertiary/aromatic N) is 2. The van der Waals surface area contributed by atoms with Crippen molar-refractivity contribution in [3.8, 4) is 0 Å². The number of ether oxygens (including phenoxy) is 1. The number of benzene rings is 3. The predicted octanol–water partition coefficient (Wildman–Crippen LogP) is 6.56. The van der Waals surface area contributed by atoms with E-state index < -0.39 is 13.7 Å². The summed E-state index contributed by atoms with van der Waals surface area (Å²) in [4.78, 5) is 17.4. The van der Waals surface area contributed by atoms with E-state index in [4.69, 9.17) is 4.74 Å². The van der Waals surface area contributed by atoms with Crippen LogP contribution in [0.5, 0.6) is 0 Å². The first kappa shape index (κ1) is 24.1. The van der Waals surface area contributed by atoms with Gasteiger partial charge in [-0.25, -0.2) is 4.79 Å². The standard InChI is InChI=1S/C29H36N2O2Si/c1-29(2,3)33-28(32)31-18-19-34(4,5)27-17-16-25(20-26(27)31)30(21-23-12-8-6-9-13-23)22-24-14-10-7-11-15-24/h6-17,20H,18-19,21-22H2,1-5H3. The SMILES string of the molecule is CC(C)(C)OC(=O)N1CC[Si](C)(C)c2ccc(N(Cc3ccccc3)Cc3ccccc3)cc21. The van der Waals surface area contributed by atoms with E-state index in [1.807, 2.05) is 25.7 Å². The molecule has 3 aromatic rings. The predicted molar refractivity (Wildman–Crippen MR) is 145 cm³/mol. The third-order valence-corrected chi connectivity index (χ3v) is 9.73. The Bertz CT molecular complexity index is 1080. The summed E-state index contributed by atoms with van der Waals surface area (Å²) >= 11 is 0. The second-order valence-corrected chi connectivity index (χ2v) is 15.6. The van der Waals surface area contributed by atoms with Gasteiger partial charge in [-0.05, 0) is 55.3 Å². The molecule has 3 aromatic carbocycles. The van der Waals surface area contributed by atoms with Crippen molar-refractivity contribution in [2.45, 2.75) is 58.6 Å². The fourth-order valence-electron chi connectivity index (χ4n) is 4.51. The maximum absolute atomic E-state index is 13.2. The van der Waals surface area contributed by atoms with E-state index in [9.17, 15) is 4.79 Å². The van der Waals surface area contributed by atoms with Crippen LogP contribution < -0.4 is 15.0 Å². The summed E-state index contributed by atoms with van der Waals surface area (Å²) < 4.78 is 5.78. The van der Waals surface area contributed by atoms with Gasteiger partial charge in [-0.2, -0.15) is 0 Å². The van der Waals surface area contributed by atoms with Crippen LogP contribution in [-0.2, 0) is 17.8 Å². The third kappa shape index (κ3) is 5.71. The van der Waals surface area contributed by atoms with E-state index in [2.05, 4.69) is 96.9 Å². The molecular weight excluding hydrogens is 436 g/mol. The zero-order valence-electron chi connectivity index (χ0n) is 21.0. The number of amides is 1. The molecule has 34 heavy (non-hydrogen) atoms. The van der Waals surface area contributed by atoms with Gasteiger partial charge in [0.15, 0.2) is 0 Å². The van der Waals surface area contributed by atoms with Crippen LogP contribution in [0.2, 0.25) is 19.1 Å². The maximum Gasteiger partial charge on any atom is 0.414 e. The van der Waals surface area contributed by atoms with Gasteiger partial charge in [-0.1, -0.05) is 79.8 Å². The molecule has 1 heterocycles. The van der Waals surface area contributed by atoms with E-state index in [1.54, 1.807) is 0 Å². The van der Waals surface area contributed by atoms with Crippen LogP contribution in [0.15, 0.2) is 78.9 Å². The molecule has 5 heteroatoms. The molecule has 0 spiro atoms. The van der Waals surface area contributed by atoms with Gasteiger partial charge in [0.1, 0.15) is 5.60 Å². The molecule has 0 aliphatic carbocycles. The van der Waals surface area contributed by atoms with Gasteiger partial charge >= 0.3 is 6.09 Å². The summed E-state index contributed by atoms with van der Waals surface area (Å²) in [5.41, 5.74) is 4.13. The molecule has 0 saturated carbocycles. The monoisotopic (exact) mass is 472 g/mol. The van der Waals surface area contributed by atoms with Crippen LogP contribution in [0.1, 0.15) is 31.9 Å². The van der Waals surface area contributed by atoms with Crippen molar-refractivity contribution in [1.82, 2.24) is 0 Å². The van der Waals surface area contributed by atoms with Crippen molar-refractivity contribution in [1.29, 1.82) is 0 Å². The van der Waals surface area contributed by atoms with Crippen LogP contribution in [0.3, 0.4) is 0 Å². The smallest absolute Gasteiger partial charge is 0.414 e. The maximum atomic E-state index is 13.2. The molecule has 178 valence electrons.